The maximum atomic E-state index is 12.8. The second-order valence-corrected chi connectivity index (χ2v) is 9.61. The first-order valence-electron chi connectivity index (χ1n) is 9.44. The van der Waals surface area contributed by atoms with E-state index in [0.29, 0.717) is 23.1 Å². The average molecular weight is 480 g/mol. The van der Waals surface area contributed by atoms with E-state index < -0.39 is 22.6 Å². The molecule has 0 bridgehead atoms. The third-order valence-electron chi connectivity index (χ3n) is 4.80. The Morgan fingerprint density at radius 2 is 1.55 bits per heavy atom. The summed E-state index contributed by atoms with van der Waals surface area (Å²) >= 11 is 3.29. The third kappa shape index (κ3) is 5.32. The molecule has 2 aromatic rings. The highest BCUT2D eigenvalue weighted by Gasteiger charge is 2.25. The van der Waals surface area contributed by atoms with E-state index in [-0.39, 0.29) is 16.2 Å². The first-order chi connectivity index (χ1) is 13.9. The van der Waals surface area contributed by atoms with Gasteiger partial charge < -0.3 is 4.74 Å². The van der Waals surface area contributed by atoms with Crippen molar-refractivity contribution in [1.29, 1.82) is 0 Å². The summed E-state index contributed by atoms with van der Waals surface area (Å²) < 4.78 is 32.8. The fourth-order valence-electron chi connectivity index (χ4n) is 3.17. The number of hydrogen-bond acceptors (Lipinski definition) is 5. The summed E-state index contributed by atoms with van der Waals surface area (Å²) in [6, 6.07) is 12.5. The van der Waals surface area contributed by atoms with Crippen molar-refractivity contribution in [3.8, 4) is 0 Å². The Kier molecular flexibility index (Phi) is 7.21. The number of Topliss-reactive ketones (excluding diaryl/α,β-unsaturated/α-hetero) is 1. The van der Waals surface area contributed by atoms with Gasteiger partial charge in [-0.3, -0.25) is 4.79 Å². The largest absolute Gasteiger partial charge is 0.454 e. The first-order valence-corrected chi connectivity index (χ1v) is 11.7. The van der Waals surface area contributed by atoms with Crippen LogP contribution in [0.2, 0.25) is 0 Å². The van der Waals surface area contributed by atoms with Crippen molar-refractivity contribution >= 4 is 37.7 Å². The van der Waals surface area contributed by atoms with E-state index in [9.17, 15) is 18.0 Å². The van der Waals surface area contributed by atoms with Crippen LogP contribution in [0.3, 0.4) is 0 Å². The predicted molar refractivity (Wildman–Crippen MR) is 112 cm³/mol. The maximum absolute atomic E-state index is 12.8. The molecular formula is C21H22BrNO5S. The molecule has 1 aliphatic rings. The summed E-state index contributed by atoms with van der Waals surface area (Å²) in [7, 11) is -3.57. The van der Waals surface area contributed by atoms with E-state index in [1.807, 2.05) is 0 Å². The summed E-state index contributed by atoms with van der Waals surface area (Å²) in [6.45, 7) is 0.641. The second-order valence-electron chi connectivity index (χ2n) is 6.82. The summed E-state index contributed by atoms with van der Waals surface area (Å²) in [5, 5.41) is 0. The lowest BCUT2D eigenvalue weighted by Crippen LogP contribution is -2.31. The molecule has 1 fully saturated rings. The van der Waals surface area contributed by atoms with E-state index >= 15 is 0 Å². The Morgan fingerprint density at radius 3 is 2.17 bits per heavy atom. The predicted octanol–water partition coefficient (Wildman–Crippen LogP) is 4.05. The number of ketones is 1. The molecule has 0 spiro atoms. The van der Waals surface area contributed by atoms with Gasteiger partial charge in [0.05, 0.1) is 10.5 Å². The minimum atomic E-state index is -3.57. The van der Waals surface area contributed by atoms with Crippen LogP contribution in [-0.4, -0.2) is 44.2 Å². The molecule has 2 aromatic carbocycles. The Labute approximate surface area is 179 Å². The molecule has 0 saturated carbocycles. The Balaban J connectivity index is 1.64. The number of sulfonamides is 1. The maximum Gasteiger partial charge on any atom is 0.338 e. The number of carbonyl (C=O) groups is 2. The molecule has 1 saturated heterocycles. The number of nitrogens with zero attached hydrogens (tertiary/aromatic N) is 1. The molecule has 8 heteroatoms. The van der Waals surface area contributed by atoms with E-state index in [4.69, 9.17) is 4.74 Å². The monoisotopic (exact) mass is 479 g/mol. The standard InChI is InChI=1S/C21H22BrNO5S/c22-19-8-4-3-7-18(19)20(24)15-28-21(25)16-9-11-17(12-10-16)29(26,27)23-13-5-1-2-6-14-23/h3-4,7-12H,1-2,5-6,13-15H2. The van der Waals surface area contributed by atoms with Crippen molar-refractivity contribution in [2.75, 3.05) is 19.7 Å². The van der Waals surface area contributed by atoms with E-state index in [2.05, 4.69) is 15.9 Å². The Morgan fingerprint density at radius 1 is 0.931 bits per heavy atom. The molecule has 1 heterocycles. The second kappa shape index (κ2) is 9.65. The number of ether oxygens (including phenoxy) is 1. The lowest BCUT2D eigenvalue weighted by atomic mass is 10.1. The molecule has 0 amide bonds. The van der Waals surface area contributed by atoms with E-state index in [0.717, 1.165) is 25.7 Å². The summed E-state index contributed by atoms with van der Waals surface area (Å²) in [5.74, 6) is -1.00. The van der Waals surface area contributed by atoms with Crippen molar-refractivity contribution in [3.05, 3.63) is 64.1 Å². The molecule has 154 valence electrons. The quantitative estimate of drug-likeness (QED) is 0.460. The molecule has 0 N–H and O–H groups in total. The van der Waals surface area contributed by atoms with Crippen LogP contribution < -0.4 is 0 Å². The van der Waals surface area contributed by atoms with Crippen molar-refractivity contribution < 1.29 is 22.7 Å². The van der Waals surface area contributed by atoms with Crippen molar-refractivity contribution in [2.45, 2.75) is 30.6 Å². The fourth-order valence-corrected chi connectivity index (χ4v) is 5.20. The highest BCUT2D eigenvalue weighted by molar-refractivity contribution is 9.10. The highest BCUT2D eigenvalue weighted by atomic mass is 79.9. The average Bonchev–Trinajstić information content (AvgIpc) is 3.02. The SMILES string of the molecule is O=C(OCC(=O)c1ccccc1Br)c1ccc(S(=O)(=O)N2CCCCCC2)cc1. The van der Waals surface area contributed by atoms with Gasteiger partial charge in [-0.25, -0.2) is 13.2 Å². The van der Waals surface area contributed by atoms with Crippen molar-refractivity contribution in [2.24, 2.45) is 0 Å². The van der Waals surface area contributed by atoms with Gasteiger partial charge in [0.25, 0.3) is 0 Å². The molecule has 0 aliphatic carbocycles. The lowest BCUT2D eigenvalue weighted by Gasteiger charge is -2.19. The number of benzene rings is 2. The number of halogens is 1. The van der Waals surface area contributed by atoms with Crippen LogP contribution in [-0.2, 0) is 14.8 Å². The van der Waals surface area contributed by atoms with Crippen LogP contribution >= 0.6 is 15.9 Å². The zero-order valence-corrected chi connectivity index (χ0v) is 18.2. The first kappa shape index (κ1) is 21.7. The molecular weight excluding hydrogens is 458 g/mol. The highest BCUT2D eigenvalue weighted by Crippen LogP contribution is 2.21. The van der Waals surface area contributed by atoms with Gasteiger partial charge in [0.1, 0.15) is 0 Å². The molecule has 6 nitrogen and oxygen atoms in total. The van der Waals surface area contributed by atoms with Gasteiger partial charge in [-0.15, -0.1) is 0 Å². The van der Waals surface area contributed by atoms with Gasteiger partial charge >= 0.3 is 5.97 Å². The topological polar surface area (TPSA) is 80.8 Å². The molecule has 0 atom stereocenters. The third-order valence-corrected chi connectivity index (χ3v) is 7.41. The zero-order chi connectivity index (χ0) is 20.9. The molecule has 0 aromatic heterocycles. The fraction of sp³-hybridized carbons (Fsp3) is 0.333. The van der Waals surface area contributed by atoms with Gasteiger partial charge in [0.2, 0.25) is 15.8 Å². The summed E-state index contributed by atoms with van der Waals surface area (Å²) in [5.41, 5.74) is 0.624. The van der Waals surface area contributed by atoms with Gasteiger partial charge in [0, 0.05) is 23.1 Å². The minimum absolute atomic E-state index is 0.153. The molecule has 29 heavy (non-hydrogen) atoms. The van der Waals surface area contributed by atoms with E-state index in [1.54, 1.807) is 24.3 Å². The zero-order valence-electron chi connectivity index (χ0n) is 15.8. The van der Waals surface area contributed by atoms with Crippen LogP contribution in [0.4, 0.5) is 0 Å². The molecule has 0 radical (unpaired) electrons. The molecule has 0 unspecified atom stereocenters. The van der Waals surface area contributed by atoms with Crippen LogP contribution in [0.5, 0.6) is 0 Å². The number of carbonyl (C=O) groups excluding carboxylic acids is 2. The van der Waals surface area contributed by atoms with Gasteiger partial charge in [0.15, 0.2) is 6.61 Å². The Bertz CT molecular complexity index is 980. The smallest absolute Gasteiger partial charge is 0.338 e. The number of rotatable bonds is 6. The lowest BCUT2D eigenvalue weighted by molar-refractivity contribution is 0.0474. The normalized spacial score (nSPS) is 15.5. The van der Waals surface area contributed by atoms with Gasteiger partial charge in [-0.1, -0.05) is 47.0 Å². The van der Waals surface area contributed by atoms with Crippen LogP contribution in [0.25, 0.3) is 0 Å². The molecule has 3 rings (SSSR count). The van der Waals surface area contributed by atoms with Crippen molar-refractivity contribution in [3.63, 3.8) is 0 Å². The van der Waals surface area contributed by atoms with Crippen molar-refractivity contribution in [1.82, 2.24) is 4.31 Å². The van der Waals surface area contributed by atoms with Gasteiger partial charge in [-0.2, -0.15) is 4.31 Å². The van der Waals surface area contributed by atoms with E-state index in [1.165, 1.54) is 28.6 Å². The summed E-state index contributed by atoms with van der Waals surface area (Å²) in [4.78, 5) is 24.6. The van der Waals surface area contributed by atoms with Crippen LogP contribution in [0.15, 0.2) is 57.9 Å². The van der Waals surface area contributed by atoms with Crippen LogP contribution in [0, 0.1) is 0 Å². The number of hydrogen-bond donors (Lipinski definition) is 0. The Hall–Kier alpha value is -2.03. The number of esters is 1. The minimum Gasteiger partial charge on any atom is -0.454 e. The molecule has 1 aliphatic heterocycles. The van der Waals surface area contributed by atoms with Gasteiger partial charge in [-0.05, 0) is 43.2 Å². The van der Waals surface area contributed by atoms with Crippen LogP contribution in [0.1, 0.15) is 46.4 Å². The summed E-state index contributed by atoms with van der Waals surface area (Å²) in [6.07, 6.45) is 3.79.